The molecule has 0 aliphatic carbocycles. The van der Waals surface area contributed by atoms with Crippen LogP contribution in [0.4, 0.5) is 0 Å². The maximum absolute atomic E-state index is 6.55. The van der Waals surface area contributed by atoms with Crippen molar-refractivity contribution >= 4 is 53.4 Å². The van der Waals surface area contributed by atoms with Crippen molar-refractivity contribution in [2.24, 2.45) is 0 Å². The number of benzene rings is 8. The van der Waals surface area contributed by atoms with Crippen molar-refractivity contribution in [1.29, 1.82) is 0 Å². The second kappa shape index (κ2) is 13.3. The van der Waals surface area contributed by atoms with Crippen molar-refractivity contribution in [1.82, 2.24) is 15.0 Å². The molecule has 262 valence electrons. The highest BCUT2D eigenvalue weighted by Crippen LogP contribution is 2.41. The third-order valence-corrected chi connectivity index (χ3v) is 11.7. The summed E-state index contributed by atoms with van der Waals surface area (Å²) in [4.78, 5) is 15.4. The van der Waals surface area contributed by atoms with E-state index in [1.807, 2.05) is 65.9 Å². The number of para-hydroxylation sites is 1. The molecule has 8 aromatic carbocycles. The van der Waals surface area contributed by atoms with E-state index in [0.717, 1.165) is 60.9 Å². The van der Waals surface area contributed by atoms with E-state index in [1.165, 1.54) is 31.3 Å². The minimum absolute atomic E-state index is 0.590. The van der Waals surface area contributed by atoms with Gasteiger partial charge in [0.1, 0.15) is 11.2 Å². The van der Waals surface area contributed by atoms with E-state index in [-0.39, 0.29) is 0 Å². The second-order valence-corrected chi connectivity index (χ2v) is 15.1. The van der Waals surface area contributed by atoms with Gasteiger partial charge in [-0.2, -0.15) is 0 Å². The van der Waals surface area contributed by atoms with Gasteiger partial charge in [-0.05, 0) is 63.7 Å². The third kappa shape index (κ3) is 5.65. The molecule has 0 saturated carbocycles. The van der Waals surface area contributed by atoms with Gasteiger partial charge in [0, 0.05) is 47.6 Å². The van der Waals surface area contributed by atoms with Crippen LogP contribution in [-0.2, 0) is 0 Å². The Hall–Kier alpha value is -7.21. The average molecular weight is 734 g/mol. The quantitative estimate of drug-likeness (QED) is 0.171. The summed E-state index contributed by atoms with van der Waals surface area (Å²) < 4.78 is 9.16. The summed E-state index contributed by atoms with van der Waals surface area (Å²) >= 11 is 1.84. The number of nitrogens with zero attached hydrogens (tertiary/aromatic N) is 3. The summed E-state index contributed by atoms with van der Waals surface area (Å²) in [7, 11) is 0. The van der Waals surface area contributed by atoms with Crippen molar-refractivity contribution < 1.29 is 4.42 Å². The number of hydrogen-bond donors (Lipinski definition) is 0. The Bertz CT molecular complexity index is 3220. The first-order chi connectivity index (χ1) is 27.7. The summed E-state index contributed by atoms with van der Waals surface area (Å²) in [5, 5.41) is 4.62. The van der Waals surface area contributed by atoms with E-state index in [2.05, 4.69) is 133 Å². The molecule has 0 fully saturated rings. The molecule has 56 heavy (non-hydrogen) atoms. The predicted octanol–water partition coefficient (Wildman–Crippen LogP) is 14.1. The molecule has 0 radical (unpaired) electrons. The lowest BCUT2D eigenvalue weighted by atomic mass is 9.96. The van der Waals surface area contributed by atoms with Gasteiger partial charge < -0.3 is 4.42 Å². The maximum atomic E-state index is 6.55. The Morgan fingerprint density at radius 2 is 0.821 bits per heavy atom. The van der Waals surface area contributed by atoms with Gasteiger partial charge in [0.2, 0.25) is 0 Å². The van der Waals surface area contributed by atoms with Gasteiger partial charge in [-0.25, -0.2) is 15.0 Å². The molecular weight excluding hydrogens is 703 g/mol. The highest BCUT2D eigenvalue weighted by molar-refractivity contribution is 7.25. The van der Waals surface area contributed by atoms with Crippen LogP contribution in [0, 0.1) is 0 Å². The topological polar surface area (TPSA) is 51.8 Å². The van der Waals surface area contributed by atoms with Crippen LogP contribution < -0.4 is 0 Å². The normalized spacial score (nSPS) is 11.6. The lowest BCUT2D eigenvalue weighted by Gasteiger charge is -2.12. The SMILES string of the molecule is c1ccc(-c2ccc(-c3nc(-c4ccccc4)nc(-c4cc(-c5ccc(-c6ccc7c(c6)sc6ccccc67)cc5)cc5oc6ccccc6c45)n3)cc2)cc1. The van der Waals surface area contributed by atoms with Crippen molar-refractivity contribution in [2.75, 3.05) is 0 Å². The van der Waals surface area contributed by atoms with Crippen molar-refractivity contribution in [3.8, 4) is 67.5 Å². The Kier molecular flexibility index (Phi) is 7.64. The van der Waals surface area contributed by atoms with Crippen LogP contribution in [0.15, 0.2) is 192 Å². The van der Waals surface area contributed by atoms with Crippen LogP contribution >= 0.6 is 11.3 Å². The monoisotopic (exact) mass is 733 g/mol. The molecule has 11 aromatic rings. The molecule has 0 spiro atoms. The fraction of sp³-hybridized carbons (Fsp3) is 0. The second-order valence-electron chi connectivity index (χ2n) is 14.0. The molecule has 3 aromatic heterocycles. The maximum Gasteiger partial charge on any atom is 0.164 e. The molecule has 0 aliphatic rings. The minimum atomic E-state index is 0.590. The highest BCUT2D eigenvalue weighted by atomic mass is 32.1. The smallest absolute Gasteiger partial charge is 0.164 e. The van der Waals surface area contributed by atoms with Crippen LogP contribution in [0.25, 0.3) is 110 Å². The number of furan rings is 1. The van der Waals surface area contributed by atoms with E-state index in [0.29, 0.717) is 17.5 Å². The van der Waals surface area contributed by atoms with Gasteiger partial charge in [0.05, 0.1) is 0 Å². The van der Waals surface area contributed by atoms with E-state index < -0.39 is 0 Å². The van der Waals surface area contributed by atoms with E-state index in [9.17, 15) is 0 Å². The lowest BCUT2D eigenvalue weighted by Crippen LogP contribution is -2.00. The largest absolute Gasteiger partial charge is 0.456 e. The van der Waals surface area contributed by atoms with Crippen molar-refractivity contribution in [3.63, 3.8) is 0 Å². The molecular formula is C51H31N3OS. The van der Waals surface area contributed by atoms with Gasteiger partial charge in [-0.15, -0.1) is 11.3 Å². The van der Waals surface area contributed by atoms with Crippen molar-refractivity contribution in [2.45, 2.75) is 0 Å². The first-order valence-corrected chi connectivity index (χ1v) is 19.5. The molecule has 0 amide bonds. The molecule has 11 rings (SSSR count). The molecule has 0 saturated heterocycles. The first-order valence-electron chi connectivity index (χ1n) is 18.7. The number of aromatic nitrogens is 3. The minimum Gasteiger partial charge on any atom is -0.456 e. The molecule has 0 aliphatic heterocycles. The van der Waals surface area contributed by atoms with Crippen molar-refractivity contribution in [3.05, 3.63) is 188 Å². The fourth-order valence-electron chi connectivity index (χ4n) is 7.74. The Morgan fingerprint density at radius 3 is 1.55 bits per heavy atom. The number of rotatable bonds is 6. The Balaban J connectivity index is 1.05. The highest BCUT2D eigenvalue weighted by Gasteiger charge is 2.20. The van der Waals surface area contributed by atoms with Gasteiger partial charge in [-0.3, -0.25) is 0 Å². The fourth-order valence-corrected chi connectivity index (χ4v) is 8.89. The molecule has 0 unspecified atom stereocenters. The van der Waals surface area contributed by atoms with Gasteiger partial charge in [-0.1, -0.05) is 158 Å². The molecule has 0 bridgehead atoms. The van der Waals surface area contributed by atoms with Gasteiger partial charge in [0.15, 0.2) is 17.5 Å². The summed E-state index contributed by atoms with van der Waals surface area (Å²) in [5.74, 6) is 1.82. The third-order valence-electron chi connectivity index (χ3n) is 10.6. The van der Waals surface area contributed by atoms with E-state index >= 15 is 0 Å². The Morgan fingerprint density at radius 1 is 0.321 bits per heavy atom. The summed E-state index contributed by atoms with van der Waals surface area (Å²) in [6, 6.07) is 65.7. The van der Waals surface area contributed by atoms with Gasteiger partial charge in [0.25, 0.3) is 0 Å². The summed E-state index contributed by atoms with van der Waals surface area (Å²) in [5.41, 5.74) is 11.1. The average Bonchev–Trinajstić information content (AvgIpc) is 3.85. The molecule has 4 nitrogen and oxygen atoms in total. The number of thiophene rings is 1. The van der Waals surface area contributed by atoms with Crippen LogP contribution in [0.3, 0.4) is 0 Å². The first kappa shape index (κ1) is 32.2. The number of fused-ring (bicyclic) bond motifs is 6. The number of hydrogen-bond acceptors (Lipinski definition) is 5. The summed E-state index contributed by atoms with van der Waals surface area (Å²) in [6.07, 6.45) is 0. The predicted molar refractivity (Wildman–Crippen MR) is 233 cm³/mol. The Labute approximate surface area is 327 Å². The van der Waals surface area contributed by atoms with Crippen LogP contribution in [0.1, 0.15) is 0 Å². The molecule has 3 heterocycles. The van der Waals surface area contributed by atoms with Gasteiger partial charge >= 0.3 is 0 Å². The zero-order valence-corrected chi connectivity index (χ0v) is 30.9. The molecule has 5 heteroatoms. The standard InChI is InChI=1S/C51H31N3OS/c1-3-11-32(12-4-1)33-23-25-37(26-24-33)50-52-49(36-13-5-2-6-14-36)53-51(54-50)43-29-39(30-45-48(43)42-16-7-9-17-44(42)55-45)35-21-19-34(20-22-35)38-27-28-41-40-15-8-10-18-46(40)56-47(41)31-38/h1-31H. The lowest BCUT2D eigenvalue weighted by molar-refractivity contribution is 0.669. The molecule has 0 N–H and O–H groups in total. The van der Waals surface area contributed by atoms with Crippen LogP contribution in [0.5, 0.6) is 0 Å². The van der Waals surface area contributed by atoms with Crippen LogP contribution in [-0.4, -0.2) is 15.0 Å². The van der Waals surface area contributed by atoms with E-state index in [4.69, 9.17) is 19.4 Å². The zero-order chi connectivity index (χ0) is 37.0. The van der Waals surface area contributed by atoms with Crippen LogP contribution in [0.2, 0.25) is 0 Å². The molecule has 0 atom stereocenters. The summed E-state index contributed by atoms with van der Waals surface area (Å²) in [6.45, 7) is 0. The zero-order valence-electron chi connectivity index (χ0n) is 30.1. The van der Waals surface area contributed by atoms with E-state index in [1.54, 1.807) is 0 Å².